The number of thiophene rings is 1. The van der Waals surface area contributed by atoms with E-state index in [1.54, 1.807) is 17.5 Å². The van der Waals surface area contributed by atoms with Gasteiger partial charge in [-0.1, -0.05) is 6.07 Å². The number of amides is 1. The van der Waals surface area contributed by atoms with E-state index in [4.69, 9.17) is 15.8 Å². The lowest BCUT2D eigenvalue weighted by Gasteiger charge is -2.08. The molecule has 5 nitrogen and oxygen atoms in total. The van der Waals surface area contributed by atoms with Crippen LogP contribution in [-0.4, -0.2) is 5.91 Å². The lowest BCUT2D eigenvalue weighted by molar-refractivity contribution is 0.0955. The minimum Gasteiger partial charge on any atom is -0.487 e. The fourth-order valence-electron chi connectivity index (χ4n) is 1.60. The number of nitrogen functional groups attached to an aromatic ring is 1. The van der Waals surface area contributed by atoms with Crippen molar-refractivity contribution in [3.8, 4) is 11.8 Å². The number of nitrogens with one attached hydrogen (secondary N) is 1. The van der Waals surface area contributed by atoms with Crippen molar-refractivity contribution in [1.29, 1.82) is 5.26 Å². The van der Waals surface area contributed by atoms with E-state index in [2.05, 4.69) is 0 Å². The Balaban J connectivity index is 2.18. The molecule has 0 spiro atoms. The molecule has 7 heteroatoms. The zero-order chi connectivity index (χ0) is 14.5. The van der Waals surface area contributed by atoms with Gasteiger partial charge in [0.25, 0.3) is 5.91 Å². The molecule has 1 heterocycles. The van der Waals surface area contributed by atoms with Crippen LogP contribution in [0.4, 0.5) is 4.39 Å². The monoisotopic (exact) mass is 291 g/mol. The smallest absolute Gasteiger partial charge is 0.275 e. The first-order chi connectivity index (χ1) is 9.67. The van der Waals surface area contributed by atoms with E-state index in [0.29, 0.717) is 10.4 Å². The number of nitrogens with zero attached hydrogens (tertiary/aromatic N) is 1. The van der Waals surface area contributed by atoms with Crippen molar-refractivity contribution in [3.63, 3.8) is 0 Å². The molecule has 0 bridgehead atoms. The molecule has 0 aliphatic rings. The summed E-state index contributed by atoms with van der Waals surface area (Å²) in [6, 6.07) is 7.59. The second-order valence-electron chi connectivity index (χ2n) is 3.76. The Morgan fingerprint density at radius 2 is 2.30 bits per heavy atom. The van der Waals surface area contributed by atoms with Crippen molar-refractivity contribution in [1.82, 2.24) is 5.43 Å². The third kappa shape index (κ3) is 2.77. The Hall–Kier alpha value is -2.43. The van der Waals surface area contributed by atoms with Crippen LogP contribution in [0, 0.1) is 17.1 Å². The third-order valence-corrected chi connectivity index (χ3v) is 3.51. The van der Waals surface area contributed by atoms with E-state index in [9.17, 15) is 9.18 Å². The van der Waals surface area contributed by atoms with Gasteiger partial charge in [-0.2, -0.15) is 5.26 Å². The maximum Gasteiger partial charge on any atom is 0.275 e. The van der Waals surface area contributed by atoms with Crippen molar-refractivity contribution in [2.45, 2.75) is 6.61 Å². The first-order valence-corrected chi connectivity index (χ1v) is 6.44. The molecule has 2 rings (SSSR count). The number of hydrogen-bond acceptors (Lipinski definition) is 5. The van der Waals surface area contributed by atoms with Crippen LogP contribution in [0.3, 0.4) is 0 Å². The van der Waals surface area contributed by atoms with Gasteiger partial charge in [-0.3, -0.25) is 10.2 Å². The SMILES string of the molecule is N#Cc1c(F)cccc1OCc1ccsc1C(=O)NN. The number of carbonyl (C=O) groups excluding carboxylic acids is 1. The molecule has 0 unspecified atom stereocenters. The van der Waals surface area contributed by atoms with E-state index < -0.39 is 11.7 Å². The molecule has 0 radical (unpaired) electrons. The Morgan fingerprint density at radius 1 is 1.50 bits per heavy atom. The number of halogens is 1. The summed E-state index contributed by atoms with van der Waals surface area (Å²) in [4.78, 5) is 11.9. The summed E-state index contributed by atoms with van der Waals surface area (Å²) in [5.74, 6) is 4.15. The first-order valence-electron chi connectivity index (χ1n) is 5.56. The van der Waals surface area contributed by atoms with E-state index in [1.807, 2.05) is 5.43 Å². The number of hydrogen-bond donors (Lipinski definition) is 2. The molecular formula is C13H10FN3O2S. The van der Waals surface area contributed by atoms with Gasteiger partial charge in [0.15, 0.2) is 0 Å². The van der Waals surface area contributed by atoms with E-state index >= 15 is 0 Å². The highest BCUT2D eigenvalue weighted by atomic mass is 32.1. The normalized spacial score (nSPS) is 9.85. The van der Waals surface area contributed by atoms with Crippen LogP contribution in [0.15, 0.2) is 29.6 Å². The van der Waals surface area contributed by atoms with Gasteiger partial charge >= 0.3 is 0 Å². The highest BCUT2D eigenvalue weighted by Crippen LogP contribution is 2.23. The van der Waals surface area contributed by atoms with Crippen LogP contribution >= 0.6 is 11.3 Å². The van der Waals surface area contributed by atoms with Crippen molar-refractivity contribution in [2.24, 2.45) is 5.84 Å². The average molecular weight is 291 g/mol. The molecule has 1 amide bonds. The molecule has 0 atom stereocenters. The summed E-state index contributed by atoms with van der Waals surface area (Å²) in [5, 5.41) is 10.6. The number of nitriles is 1. The molecule has 3 N–H and O–H groups in total. The summed E-state index contributed by atoms with van der Waals surface area (Å²) in [5.41, 5.74) is 2.50. The molecule has 2 aromatic rings. The van der Waals surface area contributed by atoms with Gasteiger partial charge in [0.2, 0.25) is 0 Å². The van der Waals surface area contributed by atoms with Gasteiger partial charge in [-0.15, -0.1) is 11.3 Å². The number of nitrogens with two attached hydrogens (primary N) is 1. The summed E-state index contributed by atoms with van der Waals surface area (Å²) >= 11 is 1.22. The second-order valence-corrected chi connectivity index (χ2v) is 4.68. The fourth-order valence-corrected chi connectivity index (χ4v) is 2.42. The minimum atomic E-state index is -0.643. The average Bonchev–Trinajstić information content (AvgIpc) is 2.92. The number of carbonyl (C=O) groups is 1. The van der Waals surface area contributed by atoms with Gasteiger partial charge in [-0.25, -0.2) is 10.2 Å². The lowest BCUT2D eigenvalue weighted by Crippen LogP contribution is -2.30. The maximum absolute atomic E-state index is 13.4. The number of benzene rings is 1. The van der Waals surface area contributed by atoms with Crippen LogP contribution < -0.4 is 16.0 Å². The molecular weight excluding hydrogens is 281 g/mol. The zero-order valence-corrected chi connectivity index (χ0v) is 11.0. The molecule has 0 saturated heterocycles. The standard InChI is InChI=1S/C13H10FN3O2S/c14-10-2-1-3-11(9(10)6-15)19-7-8-4-5-20-12(8)13(18)17-16/h1-5H,7,16H2,(H,17,18). The topological polar surface area (TPSA) is 88.1 Å². The van der Waals surface area contributed by atoms with Gasteiger partial charge in [0.05, 0.1) is 4.88 Å². The van der Waals surface area contributed by atoms with Gasteiger partial charge in [0.1, 0.15) is 29.8 Å². The Bertz CT molecular complexity index is 678. The van der Waals surface area contributed by atoms with Crippen LogP contribution in [0.2, 0.25) is 0 Å². The third-order valence-electron chi connectivity index (χ3n) is 2.55. The predicted octanol–water partition coefficient (Wildman–Crippen LogP) is 1.94. The van der Waals surface area contributed by atoms with Crippen molar-refractivity contribution >= 4 is 17.2 Å². The summed E-state index contributed by atoms with van der Waals surface area (Å²) in [7, 11) is 0. The van der Waals surface area contributed by atoms with Crippen molar-refractivity contribution in [3.05, 3.63) is 51.5 Å². The molecule has 0 aliphatic carbocycles. The predicted molar refractivity (Wildman–Crippen MR) is 71.4 cm³/mol. The van der Waals surface area contributed by atoms with Gasteiger partial charge in [0, 0.05) is 5.56 Å². The van der Waals surface area contributed by atoms with Crippen LogP contribution in [-0.2, 0) is 6.61 Å². The Morgan fingerprint density at radius 3 is 3.00 bits per heavy atom. The number of hydrazine groups is 1. The zero-order valence-electron chi connectivity index (χ0n) is 10.2. The maximum atomic E-state index is 13.4. The van der Waals surface area contributed by atoms with Crippen LogP contribution in [0.5, 0.6) is 5.75 Å². The Kier molecular flexibility index (Phi) is 4.30. The molecule has 1 aromatic carbocycles. The Labute approximate surface area is 118 Å². The van der Waals surface area contributed by atoms with Gasteiger partial charge < -0.3 is 4.74 Å². The molecule has 1 aromatic heterocycles. The van der Waals surface area contributed by atoms with E-state index in [-0.39, 0.29) is 17.9 Å². The minimum absolute atomic E-state index is 0.0460. The summed E-state index contributed by atoms with van der Waals surface area (Å²) in [6.07, 6.45) is 0. The molecule has 0 aliphatic heterocycles. The highest BCUT2D eigenvalue weighted by Gasteiger charge is 2.14. The molecule has 102 valence electrons. The number of ether oxygens (including phenoxy) is 1. The summed E-state index contributed by atoms with van der Waals surface area (Å²) in [6.45, 7) is 0.0460. The van der Waals surface area contributed by atoms with E-state index in [1.165, 1.54) is 29.5 Å². The van der Waals surface area contributed by atoms with Crippen molar-refractivity contribution < 1.29 is 13.9 Å². The quantitative estimate of drug-likeness (QED) is 0.512. The largest absolute Gasteiger partial charge is 0.487 e. The van der Waals surface area contributed by atoms with E-state index in [0.717, 1.165) is 0 Å². The molecule has 0 saturated carbocycles. The van der Waals surface area contributed by atoms with Crippen LogP contribution in [0.1, 0.15) is 20.8 Å². The molecule has 20 heavy (non-hydrogen) atoms. The van der Waals surface area contributed by atoms with Crippen molar-refractivity contribution in [2.75, 3.05) is 0 Å². The fraction of sp³-hybridized carbons (Fsp3) is 0.0769. The summed E-state index contributed by atoms with van der Waals surface area (Å²) < 4.78 is 18.8. The highest BCUT2D eigenvalue weighted by molar-refractivity contribution is 7.12. The molecule has 0 fully saturated rings. The first kappa shape index (κ1) is 14.0. The second kappa shape index (κ2) is 6.14. The van der Waals surface area contributed by atoms with Gasteiger partial charge in [-0.05, 0) is 23.6 Å². The lowest BCUT2D eigenvalue weighted by atomic mass is 10.2. The number of rotatable bonds is 4. The van der Waals surface area contributed by atoms with Crippen LogP contribution in [0.25, 0.3) is 0 Å².